The van der Waals surface area contributed by atoms with Crippen LogP contribution in [0, 0.1) is 0 Å². The van der Waals surface area contributed by atoms with Gasteiger partial charge >= 0.3 is 5.97 Å². The van der Waals surface area contributed by atoms with Crippen molar-refractivity contribution in [2.45, 2.75) is 6.42 Å². The number of thiazole rings is 1. The minimum absolute atomic E-state index is 0.0421. The monoisotopic (exact) mass is 398 g/mol. The van der Waals surface area contributed by atoms with Crippen LogP contribution in [-0.4, -0.2) is 27.8 Å². The molecule has 0 radical (unpaired) electrons. The molecule has 1 aromatic heterocycles. The van der Waals surface area contributed by atoms with Crippen molar-refractivity contribution in [3.63, 3.8) is 0 Å². The highest BCUT2D eigenvalue weighted by Crippen LogP contribution is 2.24. The van der Waals surface area contributed by atoms with Crippen LogP contribution < -0.4 is 0 Å². The van der Waals surface area contributed by atoms with Gasteiger partial charge in [0.25, 0.3) is 11.8 Å². The number of hydrogen-bond donors (Lipinski definition) is 0. The van der Waals surface area contributed by atoms with Gasteiger partial charge < -0.3 is 4.84 Å². The molecule has 134 valence electrons. The van der Waals surface area contributed by atoms with E-state index in [1.807, 2.05) is 12.1 Å². The van der Waals surface area contributed by atoms with E-state index in [9.17, 15) is 14.4 Å². The van der Waals surface area contributed by atoms with Crippen LogP contribution >= 0.6 is 22.9 Å². The van der Waals surface area contributed by atoms with Crippen molar-refractivity contribution in [1.29, 1.82) is 0 Å². The summed E-state index contributed by atoms with van der Waals surface area (Å²) in [5.41, 5.74) is 1.45. The molecule has 0 bridgehead atoms. The Morgan fingerprint density at radius 1 is 1.04 bits per heavy atom. The number of benzene rings is 2. The third-order valence-corrected chi connectivity index (χ3v) is 5.06. The van der Waals surface area contributed by atoms with Gasteiger partial charge in [0.1, 0.15) is 0 Å². The van der Waals surface area contributed by atoms with E-state index in [4.69, 9.17) is 16.4 Å². The normalized spacial score (nSPS) is 13.0. The summed E-state index contributed by atoms with van der Waals surface area (Å²) in [5.74, 6) is -2.19. The van der Waals surface area contributed by atoms with E-state index in [2.05, 4.69) is 4.98 Å². The van der Waals surface area contributed by atoms with Crippen LogP contribution in [-0.2, 0) is 11.3 Å². The Morgan fingerprint density at radius 3 is 2.30 bits per heavy atom. The molecule has 0 fully saturated rings. The van der Waals surface area contributed by atoms with E-state index in [1.165, 1.54) is 28.8 Å². The number of hydroxylamine groups is 2. The highest BCUT2D eigenvalue weighted by molar-refractivity contribution is 7.09. The predicted octanol–water partition coefficient (Wildman–Crippen LogP) is 3.76. The van der Waals surface area contributed by atoms with E-state index < -0.39 is 17.8 Å². The van der Waals surface area contributed by atoms with E-state index in [0.29, 0.717) is 21.5 Å². The zero-order valence-corrected chi connectivity index (χ0v) is 15.3. The number of imide groups is 1. The van der Waals surface area contributed by atoms with Crippen molar-refractivity contribution < 1.29 is 19.2 Å². The molecular formula is C19H11ClN2O4S. The van der Waals surface area contributed by atoms with Crippen LogP contribution in [0.25, 0.3) is 0 Å². The summed E-state index contributed by atoms with van der Waals surface area (Å²) in [4.78, 5) is 46.0. The number of fused-ring (bicyclic) bond motifs is 1. The number of rotatable bonds is 4. The van der Waals surface area contributed by atoms with Crippen molar-refractivity contribution >= 4 is 40.7 Å². The molecule has 4 rings (SSSR count). The van der Waals surface area contributed by atoms with Crippen LogP contribution in [0.5, 0.6) is 0 Å². The molecule has 0 N–H and O–H groups in total. The first-order chi connectivity index (χ1) is 13.0. The number of aromatic nitrogens is 1. The van der Waals surface area contributed by atoms with Crippen LogP contribution in [0.4, 0.5) is 0 Å². The summed E-state index contributed by atoms with van der Waals surface area (Å²) in [7, 11) is 0. The van der Waals surface area contributed by atoms with Crippen molar-refractivity contribution in [1.82, 2.24) is 10.0 Å². The van der Waals surface area contributed by atoms with Gasteiger partial charge in [-0.15, -0.1) is 11.3 Å². The molecule has 2 amide bonds. The van der Waals surface area contributed by atoms with E-state index in [1.54, 1.807) is 24.3 Å². The van der Waals surface area contributed by atoms with Gasteiger partial charge in [0, 0.05) is 16.8 Å². The highest BCUT2D eigenvalue weighted by Gasteiger charge is 2.39. The number of halogens is 1. The Hall–Kier alpha value is -3.03. The zero-order valence-electron chi connectivity index (χ0n) is 13.7. The number of carbonyl (C=O) groups is 3. The van der Waals surface area contributed by atoms with E-state index in [0.717, 1.165) is 5.56 Å². The second kappa shape index (κ2) is 6.94. The number of amides is 2. The minimum atomic E-state index is -0.858. The minimum Gasteiger partial charge on any atom is -0.322 e. The van der Waals surface area contributed by atoms with E-state index >= 15 is 0 Å². The van der Waals surface area contributed by atoms with Crippen LogP contribution in [0.3, 0.4) is 0 Å². The number of hydrogen-bond acceptors (Lipinski definition) is 6. The Balaban J connectivity index is 1.47. The summed E-state index contributed by atoms with van der Waals surface area (Å²) in [5, 5.41) is 3.35. The fourth-order valence-corrected chi connectivity index (χ4v) is 3.57. The maximum atomic E-state index is 12.3. The lowest BCUT2D eigenvalue weighted by molar-refractivity contribution is -0.0588. The van der Waals surface area contributed by atoms with E-state index in [-0.39, 0.29) is 16.8 Å². The quantitative estimate of drug-likeness (QED) is 0.625. The second-order valence-corrected chi connectivity index (χ2v) is 7.14. The van der Waals surface area contributed by atoms with Crippen LogP contribution in [0.1, 0.15) is 41.8 Å². The van der Waals surface area contributed by atoms with Crippen molar-refractivity contribution in [3.8, 4) is 0 Å². The standard InChI is InChI=1S/C19H11ClN2O4S/c20-12-7-5-11(6-8-12)9-16-21-15(10-27-16)19(25)26-22-17(23)13-3-1-2-4-14(13)18(22)24/h1-8,10H,9H2. The molecule has 2 aromatic carbocycles. The maximum absolute atomic E-state index is 12.3. The van der Waals surface area contributed by atoms with Crippen molar-refractivity contribution in [3.05, 3.63) is 86.3 Å². The Bertz CT molecular complexity index is 1030. The van der Waals surface area contributed by atoms with Gasteiger partial charge in [-0.25, -0.2) is 9.78 Å². The number of carbonyl (C=O) groups excluding carboxylic acids is 3. The summed E-state index contributed by atoms with van der Waals surface area (Å²) in [6, 6.07) is 13.6. The SMILES string of the molecule is O=C(ON1C(=O)c2ccccc2C1=O)c1csc(Cc2ccc(Cl)cc2)n1. The Kier molecular flexibility index (Phi) is 4.47. The molecule has 6 nitrogen and oxygen atoms in total. The zero-order chi connectivity index (χ0) is 19.0. The van der Waals surface area contributed by atoms with Gasteiger partial charge in [-0.2, -0.15) is 0 Å². The molecule has 0 spiro atoms. The molecule has 0 aliphatic carbocycles. The predicted molar refractivity (Wildman–Crippen MR) is 98.7 cm³/mol. The molecule has 0 unspecified atom stereocenters. The average molecular weight is 399 g/mol. The average Bonchev–Trinajstić information content (AvgIpc) is 3.23. The molecule has 3 aromatic rings. The first-order valence-corrected chi connectivity index (χ1v) is 9.17. The fraction of sp³-hybridized carbons (Fsp3) is 0.0526. The lowest BCUT2D eigenvalue weighted by Gasteiger charge is -2.11. The second-order valence-electron chi connectivity index (χ2n) is 5.76. The summed E-state index contributed by atoms with van der Waals surface area (Å²) < 4.78 is 0. The first-order valence-electron chi connectivity index (χ1n) is 7.92. The largest absolute Gasteiger partial charge is 0.383 e. The topological polar surface area (TPSA) is 76.6 Å². The first kappa shape index (κ1) is 17.4. The van der Waals surface area contributed by atoms with Crippen molar-refractivity contribution in [2.24, 2.45) is 0 Å². The van der Waals surface area contributed by atoms with Gasteiger partial charge in [0.2, 0.25) is 0 Å². The smallest absolute Gasteiger partial charge is 0.322 e. The Labute approximate surface area is 162 Å². The third kappa shape index (κ3) is 3.34. The Morgan fingerprint density at radius 2 is 1.67 bits per heavy atom. The molecular weight excluding hydrogens is 388 g/mol. The maximum Gasteiger partial charge on any atom is 0.383 e. The van der Waals surface area contributed by atoms with Crippen LogP contribution in [0.2, 0.25) is 5.02 Å². The molecule has 0 saturated heterocycles. The van der Waals surface area contributed by atoms with Gasteiger partial charge in [0.05, 0.1) is 16.1 Å². The molecule has 1 aliphatic heterocycles. The lowest BCUT2D eigenvalue weighted by Crippen LogP contribution is -2.32. The molecule has 27 heavy (non-hydrogen) atoms. The molecule has 0 atom stereocenters. The van der Waals surface area contributed by atoms with Gasteiger partial charge in [-0.05, 0) is 29.8 Å². The summed E-state index contributed by atoms with van der Waals surface area (Å²) >= 11 is 7.16. The summed E-state index contributed by atoms with van der Waals surface area (Å²) in [6.45, 7) is 0. The van der Waals surface area contributed by atoms with Gasteiger partial charge in [0.15, 0.2) is 5.69 Å². The highest BCUT2D eigenvalue weighted by atomic mass is 35.5. The molecule has 1 aliphatic rings. The third-order valence-electron chi connectivity index (χ3n) is 3.96. The van der Waals surface area contributed by atoms with Gasteiger partial charge in [-0.1, -0.05) is 40.9 Å². The van der Waals surface area contributed by atoms with Crippen LogP contribution in [0.15, 0.2) is 53.9 Å². The lowest BCUT2D eigenvalue weighted by atomic mass is 10.1. The van der Waals surface area contributed by atoms with Gasteiger partial charge in [-0.3, -0.25) is 9.59 Å². The number of nitrogens with zero attached hydrogens (tertiary/aromatic N) is 2. The molecule has 2 heterocycles. The fourth-order valence-electron chi connectivity index (χ4n) is 2.64. The molecule has 0 saturated carbocycles. The summed E-state index contributed by atoms with van der Waals surface area (Å²) in [6.07, 6.45) is 0.530. The van der Waals surface area contributed by atoms with Crippen molar-refractivity contribution in [2.75, 3.05) is 0 Å². The molecule has 8 heteroatoms.